The molecule has 0 spiro atoms. The van der Waals surface area contributed by atoms with Gasteiger partial charge >= 0.3 is 0 Å². The van der Waals surface area contributed by atoms with Crippen LogP contribution in [0.3, 0.4) is 0 Å². The molecule has 0 radical (unpaired) electrons. The lowest BCUT2D eigenvalue weighted by atomic mass is 10.1. The molecule has 0 heterocycles. The van der Waals surface area contributed by atoms with E-state index in [-0.39, 0.29) is 0 Å². The number of hydrogen-bond acceptors (Lipinski definition) is 3. The zero-order chi connectivity index (χ0) is 12.0. The van der Waals surface area contributed by atoms with E-state index >= 15 is 0 Å². The van der Waals surface area contributed by atoms with Gasteiger partial charge in [-0.05, 0) is 30.2 Å². The number of aryl methyl sites for hydroxylation is 1. The maximum absolute atomic E-state index is 8.40. The topological polar surface area (TPSA) is 45.0 Å². The SMILES string of the molecule is COc1cc(C)c(CNCCC#N)cc1Cl. The molecule has 3 nitrogen and oxygen atoms in total. The first-order valence-corrected chi connectivity index (χ1v) is 5.47. The number of rotatable bonds is 5. The van der Waals surface area contributed by atoms with Gasteiger partial charge in [0.1, 0.15) is 5.75 Å². The summed E-state index contributed by atoms with van der Waals surface area (Å²) in [6.07, 6.45) is 0.517. The summed E-state index contributed by atoms with van der Waals surface area (Å²) >= 11 is 6.04. The molecule has 0 aromatic heterocycles. The average molecular weight is 239 g/mol. The van der Waals surface area contributed by atoms with Crippen molar-refractivity contribution in [2.24, 2.45) is 0 Å². The van der Waals surface area contributed by atoms with Crippen LogP contribution >= 0.6 is 11.6 Å². The van der Waals surface area contributed by atoms with Gasteiger partial charge in [0, 0.05) is 19.5 Å². The average Bonchev–Trinajstić information content (AvgIpc) is 2.28. The number of nitrogens with zero attached hydrogens (tertiary/aromatic N) is 1. The van der Waals surface area contributed by atoms with Crippen LogP contribution in [-0.2, 0) is 6.54 Å². The van der Waals surface area contributed by atoms with Crippen LogP contribution in [0.2, 0.25) is 5.02 Å². The number of methoxy groups -OCH3 is 1. The Labute approximate surface area is 101 Å². The third-order valence-corrected chi connectivity index (χ3v) is 2.63. The molecule has 0 saturated heterocycles. The van der Waals surface area contributed by atoms with Gasteiger partial charge in [-0.3, -0.25) is 0 Å². The van der Waals surface area contributed by atoms with Gasteiger partial charge in [0.15, 0.2) is 0 Å². The van der Waals surface area contributed by atoms with Crippen LogP contribution in [0.25, 0.3) is 0 Å². The van der Waals surface area contributed by atoms with E-state index in [1.807, 2.05) is 19.1 Å². The fourth-order valence-electron chi connectivity index (χ4n) is 1.41. The largest absolute Gasteiger partial charge is 0.495 e. The van der Waals surface area contributed by atoms with E-state index in [4.69, 9.17) is 21.6 Å². The summed E-state index contributed by atoms with van der Waals surface area (Å²) in [7, 11) is 1.60. The van der Waals surface area contributed by atoms with Crippen LogP contribution in [0.4, 0.5) is 0 Å². The van der Waals surface area contributed by atoms with Gasteiger partial charge in [0.05, 0.1) is 18.2 Å². The first-order valence-electron chi connectivity index (χ1n) is 5.09. The Kier molecular flexibility index (Phi) is 5.10. The summed E-state index contributed by atoms with van der Waals surface area (Å²) in [5.41, 5.74) is 2.26. The minimum absolute atomic E-state index is 0.517. The quantitative estimate of drug-likeness (QED) is 0.803. The van der Waals surface area contributed by atoms with Crippen LogP contribution in [-0.4, -0.2) is 13.7 Å². The van der Waals surface area contributed by atoms with E-state index in [1.165, 1.54) is 0 Å². The standard InChI is InChI=1S/C12H15ClN2O/c1-9-6-12(16-2)11(13)7-10(9)8-15-5-3-4-14/h6-7,15H,3,5,8H2,1-2H3. The minimum Gasteiger partial charge on any atom is -0.495 e. The van der Waals surface area contributed by atoms with Crippen molar-refractivity contribution in [2.45, 2.75) is 19.9 Å². The van der Waals surface area contributed by atoms with Crippen molar-refractivity contribution in [1.29, 1.82) is 5.26 Å². The lowest BCUT2D eigenvalue weighted by molar-refractivity contribution is 0.414. The summed E-state index contributed by atoms with van der Waals surface area (Å²) < 4.78 is 5.13. The Morgan fingerprint density at radius 2 is 2.25 bits per heavy atom. The monoisotopic (exact) mass is 238 g/mol. The Balaban J connectivity index is 2.67. The number of nitriles is 1. The molecule has 0 aliphatic carbocycles. The number of nitrogens with one attached hydrogen (secondary N) is 1. The first-order chi connectivity index (χ1) is 7.69. The van der Waals surface area contributed by atoms with Gasteiger partial charge in [-0.1, -0.05) is 11.6 Å². The molecule has 0 bridgehead atoms. The summed E-state index contributed by atoms with van der Waals surface area (Å²) in [6.45, 7) is 3.43. The smallest absolute Gasteiger partial charge is 0.137 e. The van der Waals surface area contributed by atoms with Gasteiger partial charge in [-0.25, -0.2) is 0 Å². The van der Waals surface area contributed by atoms with Crippen molar-refractivity contribution in [3.63, 3.8) is 0 Å². The second kappa shape index (κ2) is 6.37. The van der Waals surface area contributed by atoms with E-state index < -0.39 is 0 Å². The Morgan fingerprint density at radius 1 is 1.50 bits per heavy atom. The lowest BCUT2D eigenvalue weighted by Gasteiger charge is -2.10. The van der Waals surface area contributed by atoms with Gasteiger partial charge in [-0.2, -0.15) is 5.26 Å². The molecule has 1 rings (SSSR count). The fraction of sp³-hybridized carbons (Fsp3) is 0.417. The van der Waals surface area contributed by atoms with Gasteiger partial charge in [0.2, 0.25) is 0 Å². The highest BCUT2D eigenvalue weighted by Gasteiger charge is 2.05. The molecule has 0 aliphatic heterocycles. The van der Waals surface area contributed by atoms with E-state index in [9.17, 15) is 0 Å². The van der Waals surface area contributed by atoms with Crippen LogP contribution in [0.5, 0.6) is 5.75 Å². The molecule has 0 amide bonds. The Morgan fingerprint density at radius 3 is 2.88 bits per heavy atom. The highest BCUT2D eigenvalue weighted by Crippen LogP contribution is 2.27. The van der Waals surface area contributed by atoms with E-state index in [2.05, 4.69) is 11.4 Å². The van der Waals surface area contributed by atoms with Crippen LogP contribution in [0, 0.1) is 18.3 Å². The van der Waals surface area contributed by atoms with Crippen molar-refractivity contribution >= 4 is 11.6 Å². The molecular formula is C12H15ClN2O. The number of benzene rings is 1. The number of hydrogen-bond donors (Lipinski definition) is 1. The Bertz CT molecular complexity index is 399. The normalized spacial score (nSPS) is 9.88. The summed E-state index contributed by atoms with van der Waals surface area (Å²) in [5, 5.41) is 12.2. The van der Waals surface area contributed by atoms with Crippen molar-refractivity contribution in [3.05, 3.63) is 28.3 Å². The predicted octanol–water partition coefficient (Wildman–Crippen LogP) is 2.66. The molecule has 0 saturated carbocycles. The first kappa shape index (κ1) is 12.8. The van der Waals surface area contributed by atoms with E-state index in [1.54, 1.807) is 7.11 Å². The highest BCUT2D eigenvalue weighted by atomic mass is 35.5. The molecule has 0 fully saturated rings. The molecule has 1 aromatic carbocycles. The second-order valence-electron chi connectivity index (χ2n) is 3.50. The third kappa shape index (κ3) is 3.41. The third-order valence-electron chi connectivity index (χ3n) is 2.34. The lowest BCUT2D eigenvalue weighted by Crippen LogP contribution is -2.15. The molecule has 0 aliphatic rings. The molecule has 0 unspecified atom stereocenters. The number of ether oxygens (including phenoxy) is 1. The minimum atomic E-state index is 0.517. The summed E-state index contributed by atoms with van der Waals surface area (Å²) in [6, 6.07) is 5.91. The van der Waals surface area contributed by atoms with Crippen LogP contribution < -0.4 is 10.1 Å². The maximum atomic E-state index is 8.40. The molecule has 1 aromatic rings. The predicted molar refractivity (Wildman–Crippen MR) is 64.7 cm³/mol. The molecule has 86 valence electrons. The fourth-order valence-corrected chi connectivity index (χ4v) is 1.67. The van der Waals surface area contributed by atoms with Crippen molar-refractivity contribution in [2.75, 3.05) is 13.7 Å². The maximum Gasteiger partial charge on any atom is 0.137 e. The highest BCUT2D eigenvalue weighted by molar-refractivity contribution is 6.32. The molecule has 0 atom stereocenters. The molecule has 1 N–H and O–H groups in total. The van der Waals surface area contributed by atoms with E-state index in [0.717, 1.165) is 17.7 Å². The van der Waals surface area contributed by atoms with Crippen LogP contribution in [0.15, 0.2) is 12.1 Å². The van der Waals surface area contributed by atoms with Gasteiger partial charge in [-0.15, -0.1) is 0 Å². The molecule has 4 heteroatoms. The second-order valence-corrected chi connectivity index (χ2v) is 3.91. The van der Waals surface area contributed by atoms with Gasteiger partial charge < -0.3 is 10.1 Å². The summed E-state index contributed by atoms with van der Waals surface area (Å²) in [4.78, 5) is 0. The number of halogens is 1. The summed E-state index contributed by atoms with van der Waals surface area (Å²) in [5.74, 6) is 0.694. The molecule has 16 heavy (non-hydrogen) atoms. The Hall–Kier alpha value is -1.24. The van der Waals surface area contributed by atoms with Crippen molar-refractivity contribution in [1.82, 2.24) is 5.32 Å². The van der Waals surface area contributed by atoms with E-state index in [0.29, 0.717) is 23.7 Å². The van der Waals surface area contributed by atoms with Crippen molar-refractivity contribution in [3.8, 4) is 11.8 Å². The van der Waals surface area contributed by atoms with Gasteiger partial charge in [0.25, 0.3) is 0 Å². The molecular weight excluding hydrogens is 224 g/mol. The van der Waals surface area contributed by atoms with Crippen molar-refractivity contribution < 1.29 is 4.74 Å². The zero-order valence-electron chi connectivity index (χ0n) is 9.51. The van der Waals surface area contributed by atoms with Crippen LogP contribution in [0.1, 0.15) is 17.5 Å². The zero-order valence-corrected chi connectivity index (χ0v) is 10.3.